The summed E-state index contributed by atoms with van der Waals surface area (Å²) in [7, 11) is -3.97. The predicted octanol–water partition coefficient (Wildman–Crippen LogP) is 3.93. The number of rotatable bonds is 8. The van der Waals surface area contributed by atoms with Gasteiger partial charge in [0.1, 0.15) is 0 Å². The van der Waals surface area contributed by atoms with Crippen LogP contribution in [0.2, 0.25) is 0 Å². The van der Waals surface area contributed by atoms with Gasteiger partial charge < -0.3 is 10.00 Å². The lowest BCUT2D eigenvalue weighted by atomic mass is 10.0. The van der Waals surface area contributed by atoms with Crippen molar-refractivity contribution in [3.63, 3.8) is 0 Å². The fourth-order valence-corrected chi connectivity index (χ4v) is 3.16. The lowest BCUT2D eigenvalue weighted by molar-refractivity contribution is 0.122. The standard InChI is InChI=1S/C18H23O5P/c1-14(2)23-24(20,21)22-12-11-15-3-7-17(8-4-15)18-9-5-16(13-19)6-10-18/h3-10,14,19H,11-13H2,1-2H3,(H,20,21). The molecule has 2 N–H and O–H groups in total. The number of phosphoric acid groups is 1. The fourth-order valence-electron chi connectivity index (χ4n) is 2.24. The molecule has 2 aromatic carbocycles. The van der Waals surface area contributed by atoms with E-state index in [1.165, 1.54) is 0 Å². The molecule has 0 aliphatic carbocycles. The molecular formula is C18H23O5P. The third kappa shape index (κ3) is 5.86. The van der Waals surface area contributed by atoms with Gasteiger partial charge in [-0.25, -0.2) is 4.57 Å². The van der Waals surface area contributed by atoms with Crippen LogP contribution in [0.4, 0.5) is 0 Å². The summed E-state index contributed by atoms with van der Waals surface area (Å²) < 4.78 is 21.4. The van der Waals surface area contributed by atoms with Gasteiger partial charge in [-0.15, -0.1) is 0 Å². The summed E-state index contributed by atoms with van der Waals surface area (Å²) in [5.74, 6) is 0. The summed E-state index contributed by atoms with van der Waals surface area (Å²) in [5.41, 5.74) is 4.03. The Bertz CT molecular complexity index is 680. The Hall–Kier alpha value is -1.49. The number of aliphatic hydroxyl groups excluding tert-OH is 1. The molecule has 1 atom stereocenters. The average Bonchev–Trinajstić information content (AvgIpc) is 2.54. The van der Waals surface area contributed by atoms with Gasteiger partial charge in [0, 0.05) is 0 Å². The Morgan fingerprint density at radius 1 is 0.958 bits per heavy atom. The van der Waals surface area contributed by atoms with Crippen molar-refractivity contribution >= 4 is 7.82 Å². The number of benzene rings is 2. The summed E-state index contributed by atoms with van der Waals surface area (Å²) in [5, 5.41) is 9.06. The lowest BCUT2D eigenvalue weighted by Crippen LogP contribution is -2.04. The average molecular weight is 350 g/mol. The minimum absolute atomic E-state index is 0.0362. The van der Waals surface area contributed by atoms with Crippen LogP contribution < -0.4 is 0 Å². The van der Waals surface area contributed by atoms with Crippen LogP contribution in [0, 0.1) is 0 Å². The van der Waals surface area contributed by atoms with Crippen LogP contribution in [-0.2, 0) is 26.6 Å². The van der Waals surface area contributed by atoms with Crippen LogP contribution >= 0.6 is 7.82 Å². The van der Waals surface area contributed by atoms with Gasteiger partial charge in [-0.3, -0.25) is 9.05 Å². The van der Waals surface area contributed by atoms with Gasteiger partial charge in [-0.1, -0.05) is 48.5 Å². The molecule has 5 nitrogen and oxygen atoms in total. The Balaban J connectivity index is 1.91. The topological polar surface area (TPSA) is 76.0 Å². The van der Waals surface area contributed by atoms with Gasteiger partial charge in [0.15, 0.2) is 0 Å². The van der Waals surface area contributed by atoms with Gasteiger partial charge in [0.05, 0.1) is 19.3 Å². The molecular weight excluding hydrogens is 327 g/mol. The molecule has 0 spiro atoms. The van der Waals surface area contributed by atoms with Crippen molar-refractivity contribution in [1.82, 2.24) is 0 Å². The normalized spacial score (nSPS) is 13.9. The van der Waals surface area contributed by atoms with Crippen molar-refractivity contribution in [2.45, 2.75) is 33.0 Å². The maximum absolute atomic E-state index is 11.6. The van der Waals surface area contributed by atoms with E-state index in [4.69, 9.17) is 14.2 Å². The van der Waals surface area contributed by atoms with Crippen molar-refractivity contribution in [2.75, 3.05) is 6.61 Å². The zero-order valence-corrected chi connectivity index (χ0v) is 14.8. The molecule has 0 aliphatic rings. The van der Waals surface area contributed by atoms with Crippen LogP contribution in [0.5, 0.6) is 0 Å². The second-order valence-electron chi connectivity index (χ2n) is 5.76. The van der Waals surface area contributed by atoms with E-state index in [0.29, 0.717) is 6.42 Å². The van der Waals surface area contributed by atoms with E-state index in [-0.39, 0.29) is 19.3 Å². The van der Waals surface area contributed by atoms with E-state index in [1.54, 1.807) is 13.8 Å². The summed E-state index contributed by atoms with van der Waals surface area (Å²) in [4.78, 5) is 9.49. The van der Waals surface area contributed by atoms with Crippen LogP contribution in [0.1, 0.15) is 25.0 Å². The molecule has 0 fully saturated rings. The highest BCUT2D eigenvalue weighted by Gasteiger charge is 2.22. The van der Waals surface area contributed by atoms with Crippen molar-refractivity contribution < 1.29 is 23.6 Å². The second-order valence-corrected chi connectivity index (χ2v) is 7.16. The van der Waals surface area contributed by atoms with Crippen molar-refractivity contribution in [3.05, 3.63) is 59.7 Å². The molecule has 24 heavy (non-hydrogen) atoms. The van der Waals surface area contributed by atoms with Gasteiger partial charge in [-0.2, -0.15) is 0 Å². The molecule has 130 valence electrons. The van der Waals surface area contributed by atoms with Crippen molar-refractivity contribution in [1.29, 1.82) is 0 Å². The molecule has 2 aromatic rings. The minimum Gasteiger partial charge on any atom is -0.392 e. The summed E-state index contributed by atoms with van der Waals surface area (Å²) in [6, 6.07) is 15.6. The van der Waals surface area contributed by atoms with E-state index >= 15 is 0 Å². The molecule has 2 rings (SSSR count). The Labute approximate surface area is 142 Å². The summed E-state index contributed by atoms with van der Waals surface area (Å²) in [6.45, 7) is 3.51. The third-order valence-corrected chi connectivity index (χ3v) is 4.61. The summed E-state index contributed by atoms with van der Waals surface area (Å²) >= 11 is 0. The minimum atomic E-state index is -3.97. The quantitative estimate of drug-likeness (QED) is 0.706. The lowest BCUT2D eigenvalue weighted by Gasteiger charge is -2.14. The van der Waals surface area contributed by atoms with Crippen molar-refractivity contribution in [2.24, 2.45) is 0 Å². The first kappa shape index (κ1) is 18.8. The van der Waals surface area contributed by atoms with Crippen LogP contribution in [0.25, 0.3) is 11.1 Å². The number of aliphatic hydroxyl groups is 1. The largest absolute Gasteiger partial charge is 0.472 e. The van der Waals surface area contributed by atoms with E-state index in [1.807, 2.05) is 48.5 Å². The zero-order valence-electron chi connectivity index (χ0n) is 13.9. The molecule has 6 heteroatoms. The maximum atomic E-state index is 11.6. The highest BCUT2D eigenvalue weighted by Crippen LogP contribution is 2.44. The molecule has 0 bridgehead atoms. The first-order valence-corrected chi connectivity index (χ1v) is 9.34. The maximum Gasteiger partial charge on any atom is 0.472 e. The monoisotopic (exact) mass is 350 g/mol. The van der Waals surface area contributed by atoms with Gasteiger partial charge in [0.2, 0.25) is 0 Å². The molecule has 0 aliphatic heterocycles. The molecule has 0 saturated carbocycles. The highest BCUT2D eigenvalue weighted by atomic mass is 31.2. The van der Waals surface area contributed by atoms with E-state index in [0.717, 1.165) is 22.3 Å². The van der Waals surface area contributed by atoms with E-state index in [9.17, 15) is 9.46 Å². The number of phosphoric ester groups is 1. The van der Waals surface area contributed by atoms with Gasteiger partial charge >= 0.3 is 7.82 Å². The second kappa shape index (κ2) is 8.56. The highest BCUT2D eigenvalue weighted by molar-refractivity contribution is 7.47. The van der Waals surface area contributed by atoms with Crippen molar-refractivity contribution in [3.8, 4) is 11.1 Å². The van der Waals surface area contributed by atoms with E-state index in [2.05, 4.69) is 0 Å². The third-order valence-electron chi connectivity index (χ3n) is 3.41. The first-order valence-electron chi connectivity index (χ1n) is 7.84. The van der Waals surface area contributed by atoms with Crippen LogP contribution in [0.3, 0.4) is 0 Å². The van der Waals surface area contributed by atoms with Gasteiger partial charge in [0.25, 0.3) is 0 Å². The van der Waals surface area contributed by atoms with Gasteiger partial charge in [-0.05, 0) is 42.5 Å². The Morgan fingerprint density at radius 3 is 1.92 bits per heavy atom. The molecule has 0 saturated heterocycles. The summed E-state index contributed by atoms with van der Waals surface area (Å²) in [6.07, 6.45) is 0.160. The predicted molar refractivity (Wildman–Crippen MR) is 93.5 cm³/mol. The SMILES string of the molecule is CC(C)OP(=O)(O)OCCc1ccc(-c2ccc(CO)cc2)cc1. The molecule has 0 amide bonds. The Morgan fingerprint density at radius 2 is 1.46 bits per heavy atom. The number of hydrogen-bond donors (Lipinski definition) is 2. The van der Waals surface area contributed by atoms with Crippen LogP contribution in [0.15, 0.2) is 48.5 Å². The Kier molecular flexibility index (Phi) is 6.72. The first-order chi connectivity index (χ1) is 11.4. The molecule has 0 heterocycles. The smallest absolute Gasteiger partial charge is 0.392 e. The van der Waals surface area contributed by atoms with Crippen LogP contribution in [-0.4, -0.2) is 22.7 Å². The zero-order chi connectivity index (χ0) is 17.6. The van der Waals surface area contributed by atoms with E-state index < -0.39 is 7.82 Å². The number of hydrogen-bond acceptors (Lipinski definition) is 4. The fraction of sp³-hybridized carbons (Fsp3) is 0.333. The molecule has 0 radical (unpaired) electrons. The molecule has 0 aromatic heterocycles. The molecule has 1 unspecified atom stereocenters.